The molecule has 2 atom stereocenters. The molecule has 84 valence electrons. The molecule has 1 rings (SSSR count). The van der Waals surface area contributed by atoms with Gasteiger partial charge in [0.15, 0.2) is 0 Å². The van der Waals surface area contributed by atoms with Crippen molar-refractivity contribution in [3.05, 3.63) is 29.8 Å². The molecule has 15 heavy (non-hydrogen) atoms. The number of aliphatic hydroxyl groups excluding tert-OH is 1. The third-order valence-corrected chi connectivity index (χ3v) is 2.71. The SMILES string of the molecule is CCC(C)C(O)COc1cccc(C)c1. The second-order valence-corrected chi connectivity index (χ2v) is 4.08. The lowest BCUT2D eigenvalue weighted by Gasteiger charge is -2.17. The molecule has 0 aliphatic heterocycles. The van der Waals surface area contributed by atoms with Crippen LogP contribution < -0.4 is 4.74 Å². The van der Waals surface area contributed by atoms with Crippen molar-refractivity contribution >= 4 is 0 Å². The molecular formula is C13H20O2. The smallest absolute Gasteiger partial charge is 0.119 e. The van der Waals surface area contributed by atoms with Gasteiger partial charge in [0.1, 0.15) is 12.4 Å². The lowest BCUT2D eigenvalue weighted by atomic mass is 10.0. The van der Waals surface area contributed by atoms with Crippen LogP contribution in [-0.4, -0.2) is 17.8 Å². The van der Waals surface area contributed by atoms with Crippen molar-refractivity contribution in [1.29, 1.82) is 0 Å². The van der Waals surface area contributed by atoms with Gasteiger partial charge in [-0.2, -0.15) is 0 Å². The van der Waals surface area contributed by atoms with Gasteiger partial charge < -0.3 is 9.84 Å². The van der Waals surface area contributed by atoms with Crippen LogP contribution in [0, 0.1) is 12.8 Å². The Balaban J connectivity index is 2.43. The lowest BCUT2D eigenvalue weighted by molar-refractivity contribution is 0.0622. The largest absolute Gasteiger partial charge is 0.491 e. The van der Waals surface area contributed by atoms with Crippen LogP contribution in [0.2, 0.25) is 0 Å². The van der Waals surface area contributed by atoms with E-state index in [1.54, 1.807) is 0 Å². The van der Waals surface area contributed by atoms with Crippen LogP contribution in [0.4, 0.5) is 0 Å². The fourth-order valence-corrected chi connectivity index (χ4v) is 1.32. The van der Waals surface area contributed by atoms with Crippen molar-refractivity contribution < 1.29 is 9.84 Å². The molecule has 0 radical (unpaired) electrons. The number of aliphatic hydroxyl groups is 1. The average molecular weight is 208 g/mol. The van der Waals surface area contributed by atoms with Crippen LogP contribution in [0.3, 0.4) is 0 Å². The molecule has 1 N–H and O–H groups in total. The number of hydrogen-bond donors (Lipinski definition) is 1. The number of aryl methyl sites for hydroxylation is 1. The lowest BCUT2D eigenvalue weighted by Crippen LogP contribution is -2.24. The van der Waals surface area contributed by atoms with Gasteiger partial charge in [-0.3, -0.25) is 0 Å². The Morgan fingerprint density at radius 3 is 2.73 bits per heavy atom. The predicted octanol–water partition coefficient (Wildman–Crippen LogP) is 2.78. The Hall–Kier alpha value is -1.02. The van der Waals surface area contributed by atoms with E-state index >= 15 is 0 Å². The maximum absolute atomic E-state index is 9.72. The molecule has 0 saturated heterocycles. The molecule has 0 aromatic heterocycles. The molecule has 1 aromatic carbocycles. The summed E-state index contributed by atoms with van der Waals surface area (Å²) in [6, 6.07) is 7.87. The molecule has 2 unspecified atom stereocenters. The van der Waals surface area contributed by atoms with Gasteiger partial charge in [0.25, 0.3) is 0 Å². The zero-order valence-corrected chi connectivity index (χ0v) is 9.73. The Kier molecular flexibility index (Phi) is 4.63. The van der Waals surface area contributed by atoms with Crippen molar-refractivity contribution in [2.45, 2.75) is 33.3 Å². The van der Waals surface area contributed by atoms with Gasteiger partial charge in [0, 0.05) is 0 Å². The van der Waals surface area contributed by atoms with E-state index in [2.05, 4.69) is 6.92 Å². The summed E-state index contributed by atoms with van der Waals surface area (Å²) in [7, 11) is 0. The molecule has 0 fully saturated rings. The van der Waals surface area contributed by atoms with E-state index in [4.69, 9.17) is 4.74 Å². The zero-order chi connectivity index (χ0) is 11.3. The Bertz CT molecular complexity index is 296. The molecule has 2 nitrogen and oxygen atoms in total. The fraction of sp³-hybridized carbons (Fsp3) is 0.538. The van der Waals surface area contributed by atoms with Crippen molar-refractivity contribution in [1.82, 2.24) is 0 Å². The number of rotatable bonds is 5. The maximum atomic E-state index is 9.72. The first-order valence-corrected chi connectivity index (χ1v) is 5.51. The van der Waals surface area contributed by atoms with Crippen LogP contribution in [0.5, 0.6) is 5.75 Å². The molecule has 0 heterocycles. The second kappa shape index (κ2) is 5.76. The second-order valence-electron chi connectivity index (χ2n) is 4.08. The van der Waals surface area contributed by atoms with Gasteiger partial charge in [-0.1, -0.05) is 32.4 Å². The molecule has 2 heteroatoms. The van der Waals surface area contributed by atoms with Crippen LogP contribution >= 0.6 is 0 Å². The predicted molar refractivity (Wildman–Crippen MR) is 62.1 cm³/mol. The number of hydrogen-bond acceptors (Lipinski definition) is 2. The fourth-order valence-electron chi connectivity index (χ4n) is 1.32. The van der Waals surface area contributed by atoms with E-state index in [1.165, 1.54) is 5.56 Å². The highest BCUT2D eigenvalue weighted by Crippen LogP contribution is 2.14. The summed E-state index contributed by atoms with van der Waals surface area (Å²) >= 11 is 0. The van der Waals surface area contributed by atoms with E-state index < -0.39 is 0 Å². The van der Waals surface area contributed by atoms with Crippen LogP contribution in [0.15, 0.2) is 24.3 Å². The van der Waals surface area contributed by atoms with Crippen molar-refractivity contribution in [3.63, 3.8) is 0 Å². The highest BCUT2D eigenvalue weighted by Gasteiger charge is 2.12. The minimum Gasteiger partial charge on any atom is -0.491 e. The average Bonchev–Trinajstić information content (AvgIpc) is 2.25. The molecule has 0 amide bonds. The Morgan fingerprint density at radius 2 is 2.13 bits per heavy atom. The third kappa shape index (κ3) is 3.92. The third-order valence-electron chi connectivity index (χ3n) is 2.71. The quantitative estimate of drug-likeness (QED) is 0.806. The molecule has 1 aromatic rings. The van der Waals surface area contributed by atoms with E-state index in [1.807, 2.05) is 38.1 Å². The standard InChI is InChI=1S/C13H20O2/c1-4-11(3)13(14)9-15-12-7-5-6-10(2)8-12/h5-8,11,13-14H,4,9H2,1-3H3. The summed E-state index contributed by atoms with van der Waals surface area (Å²) in [5.74, 6) is 1.12. The Labute approximate surface area is 91.9 Å². The summed E-state index contributed by atoms with van der Waals surface area (Å²) in [6.07, 6.45) is 0.591. The molecule has 0 aliphatic carbocycles. The summed E-state index contributed by atoms with van der Waals surface area (Å²) in [4.78, 5) is 0. The van der Waals surface area contributed by atoms with Gasteiger partial charge in [0.05, 0.1) is 6.10 Å². The molecule has 0 aliphatic rings. The summed E-state index contributed by atoms with van der Waals surface area (Å²) in [5, 5.41) is 9.72. The van der Waals surface area contributed by atoms with Crippen molar-refractivity contribution in [2.75, 3.05) is 6.61 Å². The maximum Gasteiger partial charge on any atom is 0.119 e. The van der Waals surface area contributed by atoms with Crippen LogP contribution in [-0.2, 0) is 0 Å². The number of benzene rings is 1. The first-order valence-electron chi connectivity index (χ1n) is 5.51. The van der Waals surface area contributed by atoms with Crippen molar-refractivity contribution in [2.24, 2.45) is 5.92 Å². The topological polar surface area (TPSA) is 29.5 Å². The van der Waals surface area contributed by atoms with Crippen LogP contribution in [0.1, 0.15) is 25.8 Å². The summed E-state index contributed by atoms with van der Waals surface area (Å²) in [5.41, 5.74) is 1.17. The Morgan fingerprint density at radius 1 is 1.40 bits per heavy atom. The van der Waals surface area contributed by atoms with Crippen LogP contribution in [0.25, 0.3) is 0 Å². The van der Waals surface area contributed by atoms with E-state index in [9.17, 15) is 5.11 Å². The molecule has 0 bridgehead atoms. The van der Waals surface area contributed by atoms with Gasteiger partial charge in [-0.15, -0.1) is 0 Å². The highest BCUT2D eigenvalue weighted by molar-refractivity contribution is 5.27. The monoisotopic (exact) mass is 208 g/mol. The minimum atomic E-state index is -0.379. The summed E-state index contributed by atoms with van der Waals surface area (Å²) < 4.78 is 5.52. The highest BCUT2D eigenvalue weighted by atomic mass is 16.5. The van der Waals surface area contributed by atoms with E-state index in [0.717, 1.165) is 12.2 Å². The molecule has 0 saturated carbocycles. The molecular weight excluding hydrogens is 188 g/mol. The normalized spacial score (nSPS) is 14.7. The van der Waals surface area contributed by atoms with E-state index in [0.29, 0.717) is 6.61 Å². The first kappa shape index (κ1) is 12.1. The minimum absolute atomic E-state index is 0.287. The van der Waals surface area contributed by atoms with Gasteiger partial charge >= 0.3 is 0 Å². The van der Waals surface area contributed by atoms with Crippen molar-refractivity contribution in [3.8, 4) is 5.75 Å². The summed E-state index contributed by atoms with van der Waals surface area (Å²) in [6.45, 7) is 6.50. The van der Waals surface area contributed by atoms with Gasteiger partial charge in [0.2, 0.25) is 0 Å². The first-order chi connectivity index (χ1) is 7.13. The zero-order valence-electron chi connectivity index (χ0n) is 9.73. The van der Waals surface area contributed by atoms with E-state index in [-0.39, 0.29) is 12.0 Å². The number of ether oxygens (including phenoxy) is 1. The van der Waals surface area contributed by atoms with Gasteiger partial charge in [-0.25, -0.2) is 0 Å². The van der Waals surface area contributed by atoms with Gasteiger partial charge in [-0.05, 0) is 30.5 Å². The molecule has 0 spiro atoms.